The largest absolute Gasteiger partial charge is 0.271 e. The lowest BCUT2D eigenvalue weighted by atomic mass is 9.49. The molecule has 4 saturated carbocycles. The van der Waals surface area contributed by atoms with E-state index in [0.29, 0.717) is 11.0 Å². The van der Waals surface area contributed by atoms with Gasteiger partial charge in [-0.25, -0.2) is 0 Å². The van der Waals surface area contributed by atoms with Gasteiger partial charge in [-0.3, -0.25) is 4.68 Å². The van der Waals surface area contributed by atoms with Crippen LogP contribution in [0.3, 0.4) is 0 Å². The number of aryl methyl sites for hydroxylation is 1. The van der Waals surface area contributed by atoms with E-state index in [1.807, 2.05) is 10.9 Å². The van der Waals surface area contributed by atoms with Crippen molar-refractivity contribution in [3.63, 3.8) is 0 Å². The van der Waals surface area contributed by atoms with Crippen molar-refractivity contribution < 1.29 is 0 Å². The Labute approximate surface area is 183 Å². The van der Waals surface area contributed by atoms with E-state index in [1.165, 1.54) is 64.2 Å². The third-order valence-electron chi connectivity index (χ3n) is 10.6. The van der Waals surface area contributed by atoms with Gasteiger partial charge in [-0.1, -0.05) is 27.2 Å². The Balaban J connectivity index is 1.25. The summed E-state index contributed by atoms with van der Waals surface area (Å²) in [5.74, 6) is 7.79. The molecule has 4 aliphatic rings. The second-order valence-corrected chi connectivity index (χ2v) is 12.0. The highest BCUT2D eigenvalue weighted by Gasteiger charge is 2.57. The second-order valence-electron chi connectivity index (χ2n) is 12.0. The second kappa shape index (κ2) is 7.99. The molecule has 1 aromatic heterocycles. The molecule has 0 N–H and O–H groups in total. The summed E-state index contributed by atoms with van der Waals surface area (Å²) >= 11 is 0. The lowest BCUT2D eigenvalue weighted by Crippen LogP contribution is -2.49. The standard InChI is InChI=1S/C27H41N3/c1-18-4-6-22-21(14-18)5-7-24-23(22)10-12-27(3)25(8-9-26(24)27)19(2)11-13-30-17-20(15-28)16-29-30/h16-19,21-26H,4-14H2,1-3H3. The first-order valence-corrected chi connectivity index (χ1v) is 12.9. The first kappa shape index (κ1) is 20.6. The number of hydrogen-bond acceptors (Lipinski definition) is 2. The molecule has 9 unspecified atom stereocenters. The predicted octanol–water partition coefficient (Wildman–Crippen LogP) is 6.69. The fourth-order valence-electron chi connectivity index (χ4n) is 9.14. The molecule has 3 heteroatoms. The highest BCUT2D eigenvalue weighted by molar-refractivity contribution is 5.21. The van der Waals surface area contributed by atoms with Crippen LogP contribution in [0, 0.1) is 64.1 Å². The van der Waals surface area contributed by atoms with Crippen LogP contribution in [0.25, 0.3) is 0 Å². The first-order chi connectivity index (χ1) is 14.5. The maximum atomic E-state index is 9.04. The average Bonchev–Trinajstić information content (AvgIpc) is 3.35. The smallest absolute Gasteiger partial charge is 0.102 e. The Kier molecular flexibility index (Phi) is 5.49. The molecule has 0 radical (unpaired) electrons. The van der Waals surface area contributed by atoms with E-state index in [9.17, 15) is 0 Å². The van der Waals surface area contributed by atoms with E-state index in [1.54, 1.807) is 6.20 Å². The van der Waals surface area contributed by atoms with E-state index in [2.05, 4.69) is 31.9 Å². The van der Waals surface area contributed by atoms with Crippen LogP contribution in [0.2, 0.25) is 0 Å². The summed E-state index contributed by atoms with van der Waals surface area (Å²) < 4.78 is 1.98. The van der Waals surface area contributed by atoms with E-state index in [4.69, 9.17) is 5.26 Å². The highest BCUT2D eigenvalue weighted by Crippen LogP contribution is 2.65. The summed E-state index contributed by atoms with van der Waals surface area (Å²) in [5.41, 5.74) is 1.25. The Hall–Kier alpha value is -1.30. The minimum Gasteiger partial charge on any atom is -0.271 e. The molecule has 9 atom stereocenters. The van der Waals surface area contributed by atoms with Gasteiger partial charge in [-0.2, -0.15) is 10.4 Å². The molecular weight excluding hydrogens is 366 g/mol. The molecule has 1 aromatic rings. The van der Waals surface area contributed by atoms with Crippen molar-refractivity contribution in [2.24, 2.45) is 52.8 Å². The van der Waals surface area contributed by atoms with E-state index in [0.717, 1.165) is 53.9 Å². The van der Waals surface area contributed by atoms with Gasteiger partial charge in [0.25, 0.3) is 0 Å². The van der Waals surface area contributed by atoms with Crippen molar-refractivity contribution in [1.82, 2.24) is 9.78 Å². The third-order valence-corrected chi connectivity index (χ3v) is 10.6. The van der Waals surface area contributed by atoms with Crippen molar-refractivity contribution in [3.8, 4) is 6.07 Å². The summed E-state index contributed by atoms with van der Waals surface area (Å²) in [5, 5.41) is 13.4. The van der Waals surface area contributed by atoms with Crippen LogP contribution in [0.4, 0.5) is 0 Å². The molecule has 0 aliphatic heterocycles. The van der Waals surface area contributed by atoms with Crippen LogP contribution in [0.5, 0.6) is 0 Å². The Morgan fingerprint density at radius 3 is 2.77 bits per heavy atom. The highest BCUT2D eigenvalue weighted by atomic mass is 15.3. The first-order valence-electron chi connectivity index (χ1n) is 12.9. The van der Waals surface area contributed by atoms with Gasteiger partial charge in [0.05, 0.1) is 11.8 Å². The SMILES string of the molecule is CC1CCC2C(CCC3C2CCC2(C)C(C(C)CCn4cc(C#N)cn4)CCC32)C1. The number of aromatic nitrogens is 2. The number of hydrogen-bond donors (Lipinski definition) is 0. The topological polar surface area (TPSA) is 41.6 Å². The van der Waals surface area contributed by atoms with Gasteiger partial charge >= 0.3 is 0 Å². The molecule has 0 spiro atoms. The molecule has 4 aliphatic carbocycles. The Bertz CT molecular complexity index is 790. The van der Waals surface area contributed by atoms with E-state index in [-0.39, 0.29) is 0 Å². The van der Waals surface area contributed by atoms with Crippen LogP contribution in [0.15, 0.2) is 12.4 Å². The van der Waals surface area contributed by atoms with Crippen molar-refractivity contribution in [2.45, 2.75) is 91.5 Å². The van der Waals surface area contributed by atoms with Gasteiger partial charge in [0.2, 0.25) is 0 Å². The van der Waals surface area contributed by atoms with Crippen LogP contribution in [-0.2, 0) is 6.54 Å². The number of fused-ring (bicyclic) bond motifs is 5. The van der Waals surface area contributed by atoms with Crippen molar-refractivity contribution >= 4 is 0 Å². The minimum atomic E-state index is 0.567. The fourth-order valence-corrected chi connectivity index (χ4v) is 9.14. The monoisotopic (exact) mass is 407 g/mol. The molecule has 0 saturated heterocycles. The van der Waals surface area contributed by atoms with Gasteiger partial charge < -0.3 is 0 Å². The molecule has 164 valence electrons. The molecule has 30 heavy (non-hydrogen) atoms. The predicted molar refractivity (Wildman–Crippen MR) is 120 cm³/mol. The van der Waals surface area contributed by atoms with Crippen LogP contribution in [-0.4, -0.2) is 9.78 Å². The summed E-state index contributed by atoms with van der Waals surface area (Å²) in [7, 11) is 0. The molecule has 0 aromatic carbocycles. The Morgan fingerprint density at radius 2 is 1.97 bits per heavy atom. The number of nitrogens with zero attached hydrogens (tertiary/aromatic N) is 3. The van der Waals surface area contributed by atoms with Gasteiger partial charge in [0.15, 0.2) is 0 Å². The van der Waals surface area contributed by atoms with Crippen molar-refractivity contribution in [2.75, 3.05) is 0 Å². The van der Waals surface area contributed by atoms with Gasteiger partial charge in [0.1, 0.15) is 6.07 Å². The molecule has 5 rings (SSSR count). The van der Waals surface area contributed by atoms with Crippen LogP contribution in [0.1, 0.15) is 90.5 Å². The van der Waals surface area contributed by atoms with Gasteiger partial charge in [-0.15, -0.1) is 0 Å². The molecule has 4 fully saturated rings. The maximum absolute atomic E-state index is 9.04. The summed E-state index contributed by atoms with van der Waals surface area (Å²) in [6.07, 6.45) is 18.3. The lowest BCUT2D eigenvalue weighted by molar-refractivity contribution is -0.0733. The molecular formula is C27H41N3. The van der Waals surface area contributed by atoms with Crippen molar-refractivity contribution in [3.05, 3.63) is 18.0 Å². The zero-order valence-corrected chi connectivity index (χ0v) is 19.4. The van der Waals surface area contributed by atoms with Gasteiger partial charge in [0, 0.05) is 12.7 Å². The minimum absolute atomic E-state index is 0.567. The molecule has 1 heterocycles. The molecule has 3 nitrogen and oxygen atoms in total. The zero-order valence-electron chi connectivity index (χ0n) is 19.4. The number of nitriles is 1. The quantitative estimate of drug-likeness (QED) is 0.558. The maximum Gasteiger partial charge on any atom is 0.102 e. The summed E-state index contributed by atoms with van der Waals surface area (Å²) in [6.45, 7) is 8.62. The zero-order chi connectivity index (χ0) is 20.9. The van der Waals surface area contributed by atoms with E-state index >= 15 is 0 Å². The van der Waals surface area contributed by atoms with Crippen LogP contribution < -0.4 is 0 Å². The molecule has 0 amide bonds. The summed E-state index contributed by atoms with van der Waals surface area (Å²) in [6, 6.07) is 2.20. The normalized spacial score (nSPS) is 43.9. The van der Waals surface area contributed by atoms with Crippen LogP contribution >= 0.6 is 0 Å². The lowest BCUT2D eigenvalue weighted by Gasteiger charge is -2.56. The number of rotatable bonds is 4. The fraction of sp³-hybridized carbons (Fsp3) is 0.852. The third kappa shape index (κ3) is 3.43. The Morgan fingerprint density at radius 1 is 1.13 bits per heavy atom. The van der Waals surface area contributed by atoms with Crippen molar-refractivity contribution in [1.29, 1.82) is 5.26 Å². The van der Waals surface area contributed by atoms with Gasteiger partial charge in [-0.05, 0) is 111 Å². The average molecular weight is 408 g/mol. The summed E-state index contributed by atoms with van der Waals surface area (Å²) in [4.78, 5) is 0. The molecule has 0 bridgehead atoms. The van der Waals surface area contributed by atoms with E-state index < -0.39 is 0 Å².